The first-order valence-corrected chi connectivity index (χ1v) is 8.85. The number of H-pyrrole nitrogens is 1. The van der Waals surface area contributed by atoms with Crippen LogP contribution in [-0.2, 0) is 11.2 Å². The first-order chi connectivity index (χ1) is 12.4. The van der Waals surface area contributed by atoms with Crippen LogP contribution >= 0.6 is 0 Å². The Morgan fingerprint density at radius 2 is 2.00 bits per heavy atom. The number of rotatable bonds is 6. The number of nitrogens with one attached hydrogen (secondary N) is 3. The Morgan fingerprint density at radius 3 is 2.65 bits per heavy atom. The maximum atomic E-state index is 13.0. The van der Waals surface area contributed by atoms with E-state index in [0.29, 0.717) is 12.8 Å². The summed E-state index contributed by atoms with van der Waals surface area (Å²) in [6, 6.07) is 7.63. The zero-order valence-electron chi connectivity index (χ0n) is 14.8. The zero-order chi connectivity index (χ0) is 18.8. The van der Waals surface area contributed by atoms with Gasteiger partial charge in [0.1, 0.15) is 11.6 Å². The van der Waals surface area contributed by atoms with Gasteiger partial charge in [0.05, 0.1) is 12.1 Å². The molecule has 26 heavy (non-hydrogen) atoms. The molecule has 140 valence electrons. The maximum absolute atomic E-state index is 13.0. The van der Waals surface area contributed by atoms with Gasteiger partial charge in [0, 0.05) is 23.5 Å². The second-order valence-corrected chi connectivity index (χ2v) is 7.38. The Morgan fingerprint density at radius 1 is 1.31 bits per heavy atom. The van der Waals surface area contributed by atoms with Crippen molar-refractivity contribution in [3.63, 3.8) is 0 Å². The number of hydrogen-bond acceptors (Lipinski definition) is 4. The molecular formula is C19H24N3O4-. The molecule has 1 atom stereocenters. The summed E-state index contributed by atoms with van der Waals surface area (Å²) in [5, 5.41) is 27.1. The van der Waals surface area contributed by atoms with Gasteiger partial charge in [-0.1, -0.05) is 31.0 Å². The summed E-state index contributed by atoms with van der Waals surface area (Å²) in [5.74, 6) is -0.456. The van der Waals surface area contributed by atoms with E-state index in [-0.39, 0.29) is 13.0 Å². The molecular weight excluding hydrogens is 334 g/mol. The van der Waals surface area contributed by atoms with E-state index in [1.54, 1.807) is 13.1 Å². The fraction of sp³-hybridized carbons (Fsp3) is 0.474. The molecule has 1 saturated carbocycles. The largest absolute Gasteiger partial charge is 0.530 e. The fourth-order valence-electron chi connectivity index (χ4n) is 3.82. The molecule has 1 aromatic carbocycles. The molecule has 7 nitrogen and oxygen atoms in total. The fourth-order valence-corrected chi connectivity index (χ4v) is 3.82. The van der Waals surface area contributed by atoms with Crippen LogP contribution in [0.3, 0.4) is 0 Å². The van der Waals surface area contributed by atoms with Crippen LogP contribution in [0.15, 0.2) is 30.5 Å². The predicted molar refractivity (Wildman–Crippen MR) is 95.4 cm³/mol. The molecule has 4 N–H and O–H groups in total. The second-order valence-electron chi connectivity index (χ2n) is 7.38. The topological polar surface area (TPSA) is 117 Å². The summed E-state index contributed by atoms with van der Waals surface area (Å²) in [7, 11) is 0. The van der Waals surface area contributed by atoms with Gasteiger partial charge in [0.2, 0.25) is 5.91 Å². The standard InChI is InChI=1S/C19H25N3O4/c1-18(22-17(25)26,16(24)21-19(12-23)8-4-5-9-19)10-13-11-20-15-7-3-2-6-14(13)15/h2-3,6-7,11,20,22-23H,4-5,8-10,12H2,1H3,(H,21,24)(H,25,26)/p-1. The van der Waals surface area contributed by atoms with Crippen molar-refractivity contribution in [1.29, 1.82) is 0 Å². The highest BCUT2D eigenvalue weighted by molar-refractivity contribution is 5.91. The number of benzene rings is 1. The summed E-state index contributed by atoms with van der Waals surface area (Å²) in [4.78, 5) is 27.4. The number of hydrogen-bond donors (Lipinski definition) is 4. The number of aliphatic hydroxyl groups excluding tert-OH is 1. The van der Waals surface area contributed by atoms with Gasteiger partial charge in [-0.3, -0.25) is 4.79 Å². The Kier molecular flexibility index (Phi) is 4.91. The lowest BCUT2D eigenvalue weighted by atomic mass is 9.89. The van der Waals surface area contributed by atoms with Gasteiger partial charge in [0.15, 0.2) is 0 Å². The van der Waals surface area contributed by atoms with Crippen molar-refractivity contribution in [2.75, 3.05) is 6.61 Å². The molecule has 1 aliphatic carbocycles. The van der Waals surface area contributed by atoms with Gasteiger partial charge in [-0.05, 0) is 31.4 Å². The molecule has 2 aromatic rings. The molecule has 7 heteroatoms. The van der Waals surface area contributed by atoms with Crippen molar-refractivity contribution in [3.05, 3.63) is 36.0 Å². The number of para-hydroxylation sites is 1. The summed E-state index contributed by atoms with van der Waals surface area (Å²) < 4.78 is 0. The van der Waals surface area contributed by atoms with Crippen molar-refractivity contribution >= 4 is 22.9 Å². The van der Waals surface area contributed by atoms with Crippen molar-refractivity contribution < 1.29 is 19.8 Å². The lowest BCUT2D eigenvalue weighted by Crippen LogP contribution is -2.64. The van der Waals surface area contributed by atoms with E-state index in [9.17, 15) is 19.8 Å². The lowest BCUT2D eigenvalue weighted by molar-refractivity contribution is -0.252. The number of aromatic amines is 1. The van der Waals surface area contributed by atoms with E-state index in [1.165, 1.54) is 0 Å². The minimum atomic E-state index is -1.51. The number of aliphatic hydroxyl groups is 1. The summed E-state index contributed by atoms with van der Waals surface area (Å²) >= 11 is 0. The maximum Gasteiger partial charge on any atom is 0.246 e. The zero-order valence-corrected chi connectivity index (χ0v) is 14.8. The Labute approximate surface area is 151 Å². The van der Waals surface area contributed by atoms with Crippen LogP contribution in [0.25, 0.3) is 10.9 Å². The molecule has 0 radical (unpaired) electrons. The molecule has 0 spiro atoms. The van der Waals surface area contributed by atoms with Crippen LogP contribution in [0.5, 0.6) is 0 Å². The molecule has 3 rings (SSSR count). The third-order valence-corrected chi connectivity index (χ3v) is 5.34. The van der Waals surface area contributed by atoms with E-state index < -0.39 is 23.1 Å². The third-order valence-electron chi connectivity index (χ3n) is 5.34. The first kappa shape index (κ1) is 18.3. The van der Waals surface area contributed by atoms with Gasteiger partial charge in [-0.25, -0.2) is 0 Å². The first-order valence-electron chi connectivity index (χ1n) is 8.85. The minimum absolute atomic E-state index is 0.159. The van der Waals surface area contributed by atoms with Gasteiger partial charge in [-0.2, -0.15) is 0 Å². The normalized spacial score (nSPS) is 18.4. The lowest BCUT2D eigenvalue weighted by Gasteiger charge is -2.36. The molecule has 1 aliphatic rings. The Balaban J connectivity index is 1.88. The predicted octanol–water partition coefficient (Wildman–Crippen LogP) is 0.823. The smallest absolute Gasteiger partial charge is 0.246 e. The molecule has 1 heterocycles. The van der Waals surface area contributed by atoms with E-state index in [4.69, 9.17) is 0 Å². The number of carbonyl (C=O) groups is 2. The average molecular weight is 358 g/mol. The number of aromatic nitrogens is 1. The summed E-state index contributed by atoms with van der Waals surface area (Å²) in [6.07, 6.45) is 3.66. The van der Waals surface area contributed by atoms with Crippen molar-refractivity contribution in [3.8, 4) is 0 Å². The van der Waals surface area contributed by atoms with E-state index in [1.807, 2.05) is 24.3 Å². The van der Waals surface area contributed by atoms with E-state index in [2.05, 4.69) is 15.6 Å². The highest BCUT2D eigenvalue weighted by atomic mass is 16.4. The molecule has 0 saturated heterocycles. The minimum Gasteiger partial charge on any atom is -0.530 e. The van der Waals surface area contributed by atoms with E-state index >= 15 is 0 Å². The molecule has 0 bridgehead atoms. The number of fused-ring (bicyclic) bond motifs is 1. The van der Waals surface area contributed by atoms with Crippen LogP contribution < -0.4 is 15.7 Å². The molecule has 2 amide bonds. The quantitative estimate of drug-likeness (QED) is 0.611. The molecule has 1 unspecified atom stereocenters. The van der Waals surface area contributed by atoms with Crippen molar-refractivity contribution in [2.24, 2.45) is 0 Å². The number of amides is 2. The highest BCUT2D eigenvalue weighted by Gasteiger charge is 2.41. The van der Waals surface area contributed by atoms with Gasteiger partial charge >= 0.3 is 0 Å². The van der Waals surface area contributed by atoms with Crippen LogP contribution in [0.4, 0.5) is 4.79 Å². The van der Waals surface area contributed by atoms with Gasteiger partial charge < -0.3 is 30.6 Å². The Hall–Kier alpha value is -2.54. The molecule has 1 aromatic heterocycles. The van der Waals surface area contributed by atoms with Crippen molar-refractivity contribution in [2.45, 2.75) is 50.1 Å². The van der Waals surface area contributed by atoms with Crippen LogP contribution in [0.1, 0.15) is 38.2 Å². The van der Waals surface area contributed by atoms with Crippen LogP contribution in [0, 0.1) is 0 Å². The van der Waals surface area contributed by atoms with Crippen LogP contribution in [-0.4, -0.2) is 39.8 Å². The van der Waals surface area contributed by atoms with Gasteiger partial charge in [-0.15, -0.1) is 0 Å². The Bertz CT molecular complexity index is 810. The highest BCUT2D eigenvalue weighted by Crippen LogP contribution is 2.30. The monoisotopic (exact) mass is 358 g/mol. The second kappa shape index (κ2) is 6.99. The van der Waals surface area contributed by atoms with Gasteiger partial charge in [0.25, 0.3) is 0 Å². The van der Waals surface area contributed by atoms with Crippen molar-refractivity contribution in [1.82, 2.24) is 15.6 Å². The average Bonchev–Trinajstić information content (AvgIpc) is 3.22. The van der Waals surface area contributed by atoms with E-state index in [0.717, 1.165) is 29.3 Å². The SMILES string of the molecule is CC(Cc1c[nH]c2ccccc12)(NC(=O)[O-])C(=O)NC1(CO)CCCC1. The summed E-state index contributed by atoms with van der Waals surface area (Å²) in [6.45, 7) is 1.38. The number of carbonyl (C=O) groups excluding carboxylic acids is 2. The molecule has 0 aliphatic heterocycles. The van der Waals surface area contributed by atoms with Crippen LogP contribution in [0.2, 0.25) is 0 Å². The summed E-state index contributed by atoms with van der Waals surface area (Å²) in [5.41, 5.74) is -0.335. The third kappa shape index (κ3) is 3.53. The number of carboxylic acid groups (broad SMARTS) is 1. The molecule has 1 fully saturated rings.